The molecular weight excluding hydrogens is 348 g/mol. The van der Waals surface area contributed by atoms with Crippen LogP contribution in [0.1, 0.15) is 19.8 Å². The molecule has 0 aromatic heterocycles. The smallest absolute Gasteiger partial charge is 0.321 e. The van der Waals surface area contributed by atoms with Crippen LogP contribution in [0, 0.1) is 5.92 Å². The number of amides is 2. The molecule has 0 saturated carbocycles. The molecule has 1 atom stereocenters. The van der Waals surface area contributed by atoms with Gasteiger partial charge in [-0.1, -0.05) is 31.2 Å². The van der Waals surface area contributed by atoms with Crippen molar-refractivity contribution in [3.8, 4) is 0 Å². The molecular formula is C17H19ClN2O3S. The molecule has 5 nitrogen and oxygen atoms in total. The molecule has 1 aliphatic heterocycles. The van der Waals surface area contributed by atoms with Crippen LogP contribution in [-0.2, 0) is 9.05 Å². The van der Waals surface area contributed by atoms with Gasteiger partial charge in [0, 0.05) is 34.5 Å². The predicted octanol–water partition coefficient (Wildman–Crippen LogP) is 4.03. The van der Waals surface area contributed by atoms with Gasteiger partial charge in [0.15, 0.2) is 0 Å². The highest BCUT2D eigenvalue weighted by Gasteiger charge is 2.22. The molecule has 1 aliphatic rings. The number of halogens is 1. The number of nitrogens with one attached hydrogen (secondary N) is 1. The lowest BCUT2D eigenvalue weighted by Crippen LogP contribution is -2.41. The van der Waals surface area contributed by atoms with Crippen LogP contribution in [0.15, 0.2) is 41.3 Å². The summed E-state index contributed by atoms with van der Waals surface area (Å²) in [5.74, 6) is 0.491. The molecule has 2 aromatic carbocycles. The first kappa shape index (κ1) is 17.0. The van der Waals surface area contributed by atoms with Gasteiger partial charge < -0.3 is 10.2 Å². The molecule has 2 aromatic rings. The largest absolute Gasteiger partial charge is 0.324 e. The Labute approximate surface area is 146 Å². The number of hydrogen-bond donors (Lipinski definition) is 1. The maximum absolute atomic E-state index is 12.5. The molecule has 0 radical (unpaired) electrons. The van der Waals surface area contributed by atoms with E-state index in [9.17, 15) is 13.2 Å². The van der Waals surface area contributed by atoms with Crippen molar-refractivity contribution in [3.63, 3.8) is 0 Å². The number of carbonyl (C=O) groups is 1. The molecule has 3 rings (SSSR count). The second-order valence-corrected chi connectivity index (χ2v) is 8.75. The lowest BCUT2D eigenvalue weighted by molar-refractivity contribution is 0.182. The Kier molecular flexibility index (Phi) is 4.69. The third-order valence-electron chi connectivity index (χ3n) is 4.33. The zero-order valence-corrected chi connectivity index (χ0v) is 14.9. The van der Waals surface area contributed by atoms with Crippen LogP contribution in [0.3, 0.4) is 0 Å². The van der Waals surface area contributed by atoms with E-state index in [4.69, 9.17) is 10.7 Å². The van der Waals surface area contributed by atoms with Crippen molar-refractivity contribution in [2.75, 3.05) is 18.4 Å². The highest BCUT2D eigenvalue weighted by molar-refractivity contribution is 8.14. The van der Waals surface area contributed by atoms with Gasteiger partial charge in [-0.05, 0) is 30.9 Å². The monoisotopic (exact) mass is 366 g/mol. The number of hydrogen-bond acceptors (Lipinski definition) is 3. The average Bonchev–Trinajstić information content (AvgIpc) is 2.53. The molecule has 1 heterocycles. The van der Waals surface area contributed by atoms with Crippen molar-refractivity contribution in [2.45, 2.75) is 24.7 Å². The minimum atomic E-state index is -3.85. The number of likely N-dealkylation sites (tertiary alicyclic amines) is 1. The molecule has 24 heavy (non-hydrogen) atoms. The normalized spacial score (nSPS) is 18.6. The van der Waals surface area contributed by atoms with Gasteiger partial charge in [-0.3, -0.25) is 0 Å². The van der Waals surface area contributed by atoms with Crippen molar-refractivity contribution in [1.29, 1.82) is 0 Å². The standard InChI is InChI=1S/C17H19ClN2O3S/c1-12-5-4-10-20(11-12)17(21)19-15-8-2-7-14-13(15)6-3-9-16(14)24(18,22)23/h2-3,6-9,12H,4-5,10-11H2,1H3,(H,19,21). The van der Waals surface area contributed by atoms with Crippen molar-refractivity contribution < 1.29 is 13.2 Å². The quantitative estimate of drug-likeness (QED) is 0.816. The summed E-state index contributed by atoms with van der Waals surface area (Å²) < 4.78 is 23.5. The maximum Gasteiger partial charge on any atom is 0.321 e. The van der Waals surface area contributed by atoms with Crippen LogP contribution < -0.4 is 5.32 Å². The molecule has 0 bridgehead atoms. The third-order valence-corrected chi connectivity index (χ3v) is 5.71. The number of benzene rings is 2. The lowest BCUT2D eigenvalue weighted by Gasteiger charge is -2.31. The summed E-state index contributed by atoms with van der Waals surface area (Å²) >= 11 is 0. The lowest BCUT2D eigenvalue weighted by atomic mass is 10.0. The molecule has 7 heteroatoms. The summed E-state index contributed by atoms with van der Waals surface area (Å²) in [6.07, 6.45) is 2.13. The van der Waals surface area contributed by atoms with Crippen LogP contribution in [0.5, 0.6) is 0 Å². The van der Waals surface area contributed by atoms with Gasteiger partial charge in [-0.2, -0.15) is 0 Å². The average molecular weight is 367 g/mol. The fourth-order valence-corrected chi connectivity index (χ4v) is 4.26. The predicted molar refractivity (Wildman–Crippen MR) is 96.0 cm³/mol. The van der Waals surface area contributed by atoms with Gasteiger partial charge in [0.2, 0.25) is 0 Å². The van der Waals surface area contributed by atoms with Gasteiger partial charge in [-0.25, -0.2) is 13.2 Å². The summed E-state index contributed by atoms with van der Waals surface area (Å²) in [6, 6.07) is 9.85. The molecule has 1 unspecified atom stereocenters. The minimum Gasteiger partial charge on any atom is -0.324 e. The topological polar surface area (TPSA) is 66.5 Å². The zero-order valence-electron chi connectivity index (χ0n) is 13.3. The highest BCUT2D eigenvalue weighted by atomic mass is 35.7. The Bertz CT molecular complexity index is 883. The Morgan fingerprint density at radius 2 is 1.92 bits per heavy atom. The maximum atomic E-state index is 12.5. The second-order valence-electron chi connectivity index (χ2n) is 6.22. The van der Waals surface area contributed by atoms with Crippen LogP contribution in [0.4, 0.5) is 10.5 Å². The fraction of sp³-hybridized carbons (Fsp3) is 0.353. The van der Waals surface area contributed by atoms with E-state index in [2.05, 4.69) is 12.2 Å². The molecule has 1 fully saturated rings. The number of rotatable bonds is 2. The van der Waals surface area contributed by atoms with Crippen molar-refractivity contribution in [2.24, 2.45) is 5.92 Å². The highest BCUT2D eigenvalue weighted by Crippen LogP contribution is 2.30. The number of urea groups is 1. The Balaban J connectivity index is 1.94. The first-order valence-corrected chi connectivity index (χ1v) is 10.2. The van der Waals surface area contributed by atoms with Crippen LogP contribution in [-0.4, -0.2) is 32.4 Å². The van der Waals surface area contributed by atoms with E-state index in [0.717, 1.165) is 25.9 Å². The first-order chi connectivity index (χ1) is 11.4. The summed E-state index contributed by atoms with van der Waals surface area (Å²) in [6.45, 7) is 3.61. The molecule has 128 valence electrons. The van der Waals surface area contributed by atoms with Crippen molar-refractivity contribution >= 4 is 42.2 Å². The third kappa shape index (κ3) is 3.49. The number of anilines is 1. The van der Waals surface area contributed by atoms with Crippen molar-refractivity contribution in [1.82, 2.24) is 4.90 Å². The summed E-state index contributed by atoms with van der Waals surface area (Å²) in [5, 5.41) is 4.05. The van der Waals surface area contributed by atoms with Crippen LogP contribution >= 0.6 is 10.7 Å². The SMILES string of the molecule is CC1CCCN(C(=O)Nc2cccc3c(S(=O)(=O)Cl)cccc23)C1. The Morgan fingerprint density at radius 1 is 1.21 bits per heavy atom. The number of carbonyl (C=O) groups excluding carboxylic acids is 1. The van der Waals surface area contributed by atoms with E-state index in [0.29, 0.717) is 22.4 Å². The van der Waals surface area contributed by atoms with E-state index in [1.807, 2.05) is 0 Å². The van der Waals surface area contributed by atoms with E-state index < -0.39 is 9.05 Å². The molecule has 0 aliphatic carbocycles. The number of nitrogens with zero attached hydrogens (tertiary/aromatic N) is 1. The van der Waals surface area contributed by atoms with Gasteiger partial charge in [0.25, 0.3) is 9.05 Å². The van der Waals surface area contributed by atoms with E-state index in [1.54, 1.807) is 35.2 Å². The summed E-state index contributed by atoms with van der Waals surface area (Å²) in [5.41, 5.74) is 0.581. The van der Waals surface area contributed by atoms with E-state index in [1.165, 1.54) is 6.07 Å². The van der Waals surface area contributed by atoms with Crippen molar-refractivity contribution in [3.05, 3.63) is 36.4 Å². The minimum absolute atomic E-state index is 0.0457. The molecule has 0 spiro atoms. The number of fused-ring (bicyclic) bond motifs is 1. The Hall–Kier alpha value is -1.79. The van der Waals surface area contributed by atoms with Gasteiger partial charge in [0.05, 0.1) is 10.6 Å². The molecule has 1 N–H and O–H groups in total. The fourth-order valence-electron chi connectivity index (χ4n) is 3.17. The van der Waals surface area contributed by atoms with Crippen LogP contribution in [0.25, 0.3) is 10.8 Å². The first-order valence-electron chi connectivity index (χ1n) is 7.88. The summed E-state index contributed by atoms with van der Waals surface area (Å²) in [4.78, 5) is 14.4. The Morgan fingerprint density at radius 3 is 2.62 bits per heavy atom. The van der Waals surface area contributed by atoms with E-state index in [-0.39, 0.29) is 10.9 Å². The zero-order chi connectivity index (χ0) is 17.3. The van der Waals surface area contributed by atoms with Gasteiger partial charge in [-0.15, -0.1) is 0 Å². The summed E-state index contributed by atoms with van der Waals surface area (Å²) in [7, 11) is 1.66. The number of piperidine rings is 1. The molecule has 2 amide bonds. The van der Waals surface area contributed by atoms with Gasteiger partial charge >= 0.3 is 6.03 Å². The van der Waals surface area contributed by atoms with E-state index >= 15 is 0 Å². The van der Waals surface area contributed by atoms with Crippen LogP contribution in [0.2, 0.25) is 0 Å². The van der Waals surface area contributed by atoms with Gasteiger partial charge in [0.1, 0.15) is 0 Å². The molecule has 1 saturated heterocycles. The second kappa shape index (κ2) is 6.61.